The number of benzene rings is 1. The van der Waals surface area contributed by atoms with Crippen molar-refractivity contribution in [3.63, 3.8) is 0 Å². The van der Waals surface area contributed by atoms with Gasteiger partial charge in [-0.05, 0) is 24.3 Å². The minimum Gasteiger partial charge on any atom is -0.508 e. The molecule has 0 saturated heterocycles. The summed E-state index contributed by atoms with van der Waals surface area (Å²) in [7, 11) is -9.03. The van der Waals surface area contributed by atoms with Crippen LogP contribution in [0.3, 0.4) is 0 Å². The van der Waals surface area contributed by atoms with Crippen LogP contribution >= 0.6 is 0 Å². The average Bonchev–Trinajstić information content (AvgIpc) is 2.51. The van der Waals surface area contributed by atoms with E-state index in [1.807, 2.05) is 0 Å². The topological polar surface area (TPSA) is 149 Å². The Kier molecular flexibility index (Phi) is 13.0. The van der Waals surface area contributed by atoms with Gasteiger partial charge >= 0.3 is 0 Å². The van der Waals surface area contributed by atoms with E-state index in [0.29, 0.717) is 0 Å². The van der Waals surface area contributed by atoms with Crippen LogP contribution in [0.15, 0.2) is 24.3 Å². The molecule has 0 heterocycles. The Labute approximate surface area is 147 Å². The highest BCUT2D eigenvalue weighted by atomic mass is 32.2. The molecule has 1 aromatic carbocycles. The zero-order valence-corrected chi connectivity index (χ0v) is 14.7. The molecule has 0 aromatic heterocycles. The summed E-state index contributed by atoms with van der Waals surface area (Å²) in [6, 6.07) is 5.70. The minimum absolute atomic E-state index is 0.169. The summed E-state index contributed by atoms with van der Waals surface area (Å²) in [5.74, 6) is 0.339. The number of hydrogen-bond donors (Lipinski definition) is 4. The molecule has 0 bridgehead atoms. The van der Waals surface area contributed by atoms with E-state index < -0.39 is 57.4 Å². The number of halogens is 4. The Balaban J connectivity index is 0. The predicted octanol–water partition coefficient (Wildman–Crippen LogP) is 1.46. The summed E-state index contributed by atoms with van der Waals surface area (Å²) in [5.41, 5.74) is 0. The van der Waals surface area contributed by atoms with Crippen LogP contribution in [0.25, 0.3) is 0 Å². The Morgan fingerprint density at radius 3 is 0.923 bits per heavy atom. The zero-order chi connectivity index (χ0) is 21.0. The van der Waals surface area contributed by atoms with Crippen LogP contribution in [0.2, 0.25) is 0 Å². The van der Waals surface area contributed by atoms with Crippen molar-refractivity contribution >= 4 is 20.2 Å². The predicted molar refractivity (Wildman–Crippen MR) is 84.3 cm³/mol. The number of hydrogen-bond acceptors (Lipinski definition) is 6. The molecule has 0 amide bonds. The average molecular weight is 430 g/mol. The van der Waals surface area contributed by atoms with Gasteiger partial charge in [0, 0.05) is 0 Å². The van der Waals surface area contributed by atoms with Gasteiger partial charge in [-0.25, -0.2) is 17.6 Å². The molecular weight excluding hydrogens is 412 g/mol. The van der Waals surface area contributed by atoms with Crippen molar-refractivity contribution in [3.8, 4) is 11.5 Å². The highest BCUT2D eigenvalue weighted by molar-refractivity contribution is 7.86. The maximum absolute atomic E-state index is 11.4. The monoisotopic (exact) mass is 430 g/mol. The van der Waals surface area contributed by atoms with Crippen molar-refractivity contribution in [2.75, 3.05) is 26.7 Å². The molecule has 26 heavy (non-hydrogen) atoms. The minimum atomic E-state index is -4.52. The van der Waals surface area contributed by atoms with Crippen molar-refractivity contribution in [1.82, 2.24) is 0 Å². The van der Waals surface area contributed by atoms with Crippen molar-refractivity contribution in [2.45, 2.75) is 10.5 Å². The lowest BCUT2D eigenvalue weighted by atomic mass is 10.3. The molecule has 4 N–H and O–H groups in total. The maximum atomic E-state index is 11.4. The van der Waals surface area contributed by atoms with E-state index in [1.165, 1.54) is 24.3 Å². The van der Waals surface area contributed by atoms with Crippen molar-refractivity contribution in [1.29, 1.82) is 0 Å². The molecule has 1 rings (SSSR count). The summed E-state index contributed by atoms with van der Waals surface area (Å²) < 4.78 is 101. The molecule has 0 fully saturated rings. The molecule has 154 valence electrons. The SMILES string of the molecule is O=S(=O)(O)C(CF)CF.O=S(=O)(O)C(CF)CF.Oc1ccc(O)cc1. The van der Waals surface area contributed by atoms with Crippen LogP contribution < -0.4 is 0 Å². The molecule has 0 radical (unpaired) electrons. The van der Waals surface area contributed by atoms with Crippen molar-refractivity contribution in [3.05, 3.63) is 24.3 Å². The first-order valence-electron chi connectivity index (χ1n) is 6.47. The van der Waals surface area contributed by atoms with E-state index in [0.717, 1.165) is 0 Å². The summed E-state index contributed by atoms with van der Waals surface area (Å²) in [6.07, 6.45) is 0. The van der Waals surface area contributed by atoms with Crippen LogP contribution in [0.1, 0.15) is 0 Å². The molecule has 0 aliphatic heterocycles. The molecule has 0 aliphatic rings. The fourth-order valence-corrected chi connectivity index (χ4v) is 1.49. The fraction of sp³-hybridized carbons (Fsp3) is 0.500. The van der Waals surface area contributed by atoms with E-state index in [4.69, 9.17) is 19.3 Å². The molecule has 0 unspecified atom stereocenters. The molecule has 0 aliphatic carbocycles. The van der Waals surface area contributed by atoms with E-state index in [9.17, 15) is 34.4 Å². The Hall–Kier alpha value is -1.64. The maximum Gasteiger partial charge on any atom is 0.272 e. The van der Waals surface area contributed by atoms with Gasteiger partial charge in [0.2, 0.25) is 0 Å². The zero-order valence-electron chi connectivity index (χ0n) is 13.0. The van der Waals surface area contributed by atoms with Crippen LogP contribution in [0, 0.1) is 0 Å². The molecule has 0 spiro atoms. The van der Waals surface area contributed by atoms with Gasteiger partial charge in [-0.2, -0.15) is 16.8 Å². The largest absolute Gasteiger partial charge is 0.508 e. The van der Waals surface area contributed by atoms with Crippen molar-refractivity contribution < 1.29 is 53.7 Å². The third kappa shape index (κ3) is 12.7. The number of alkyl halides is 4. The van der Waals surface area contributed by atoms with Crippen LogP contribution in [-0.2, 0) is 20.2 Å². The van der Waals surface area contributed by atoms with Gasteiger partial charge in [-0.1, -0.05) is 0 Å². The first-order chi connectivity index (χ1) is 11.8. The third-order valence-electron chi connectivity index (χ3n) is 2.38. The van der Waals surface area contributed by atoms with Gasteiger partial charge in [0.25, 0.3) is 20.2 Å². The second kappa shape index (κ2) is 12.7. The van der Waals surface area contributed by atoms with E-state index in [2.05, 4.69) is 0 Å². The summed E-state index contributed by atoms with van der Waals surface area (Å²) in [6.45, 7) is -5.57. The number of phenols is 2. The Morgan fingerprint density at radius 1 is 0.654 bits per heavy atom. The van der Waals surface area contributed by atoms with Crippen molar-refractivity contribution in [2.24, 2.45) is 0 Å². The Morgan fingerprint density at radius 2 is 0.846 bits per heavy atom. The number of phenolic OH excluding ortho intramolecular Hbond substituents is 2. The van der Waals surface area contributed by atoms with E-state index in [1.54, 1.807) is 0 Å². The summed E-state index contributed by atoms with van der Waals surface area (Å²) in [5, 5.41) is 13.5. The third-order valence-corrected chi connectivity index (χ3v) is 4.57. The highest BCUT2D eigenvalue weighted by Gasteiger charge is 2.22. The summed E-state index contributed by atoms with van der Waals surface area (Å²) >= 11 is 0. The van der Waals surface area contributed by atoms with E-state index in [-0.39, 0.29) is 11.5 Å². The second-order valence-electron chi connectivity index (χ2n) is 4.41. The molecule has 0 saturated carbocycles. The quantitative estimate of drug-likeness (QED) is 0.301. The number of rotatable bonds is 6. The molecule has 1 aromatic rings. The summed E-state index contributed by atoms with van der Waals surface area (Å²) in [4.78, 5) is 0. The lowest BCUT2D eigenvalue weighted by molar-refractivity contribution is 0.369. The smallest absolute Gasteiger partial charge is 0.272 e. The van der Waals surface area contributed by atoms with Gasteiger partial charge in [0.15, 0.2) is 0 Å². The Bertz CT molecular complexity index is 625. The van der Waals surface area contributed by atoms with Crippen LogP contribution in [-0.4, -0.2) is 73.4 Å². The first kappa shape index (κ1) is 26.6. The van der Waals surface area contributed by atoms with Gasteiger partial charge < -0.3 is 10.2 Å². The first-order valence-corrected chi connectivity index (χ1v) is 9.48. The fourth-order valence-electron chi connectivity index (χ4n) is 0.854. The standard InChI is InChI=1S/C6H6O2.2C3H6F2O3S/c7-5-1-2-6(8)4-3-5;2*4-1-3(2-5)9(6,7)8/h1-4,7-8H;2*3H,1-2H2,(H,6,7,8). The molecular formula is C12H18F4O8S2. The van der Waals surface area contributed by atoms with Gasteiger partial charge in [-0.3, -0.25) is 9.11 Å². The van der Waals surface area contributed by atoms with Gasteiger partial charge in [0.1, 0.15) is 48.7 Å². The van der Waals surface area contributed by atoms with E-state index >= 15 is 0 Å². The van der Waals surface area contributed by atoms with Crippen LogP contribution in [0.5, 0.6) is 11.5 Å². The molecule has 8 nitrogen and oxygen atoms in total. The normalized spacial score (nSPS) is 11.4. The molecule has 14 heteroatoms. The van der Waals surface area contributed by atoms with Gasteiger partial charge in [0.05, 0.1) is 0 Å². The second-order valence-corrected chi connectivity index (χ2v) is 7.80. The lowest BCUT2D eigenvalue weighted by Gasteiger charge is -2.01. The van der Waals surface area contributed by atoms with Crippen LogP contribution in [0.4, 0.5) is 17.6 Å². The van der Waals surface area contributed by atoms with Gasteiger partial charge in [-0.15, -0.1) is 0 Å². The highest BCUT2D eigenvalue weighted by Crippen LogP contribution is 2.13. The number of aromatic hydroxyl groups is 2. The lowest BCUT2D eigenvalue weighted by Crippen LogP contribution is -2.24. The molecule has 0 atom stereocenters.